The summed E-state index contributed by atoms with van der Waals surface area (Å²) in [6.45, 7) is 1.10. The van der Waals surface area contributed by atoms with E-state index in [4.69, 9.17) is 5.73 Å². The number of nitrogens with zero attached hydrogens (tertiary/aromatic N) is 3. The van der Waals surface area contributed by atoms with Crippen molar-refractivity contribution >= 4 is 21.7 Å². The molecule has 0 atom stereocenters. The van der Waals surface area contributed by atoms with Gasteiger partial charge >= 0.3 is 0 Å². The predicted octanol–water partition coefficient (Wildman–Crippen LogP) is 0.938. The van der Waals surface area contributed by atoms with E-state index in [1.807, 2.05) is 0 Å². The Morgan fingerprint density at radius 3 is 2.27 bits per heavy atom. The van der Waals surface area contributed by atoms with Crippen LogP contribution in [0.4, 0.5) is 5.82 Å². The van der Waals surface area contributed by atoms with Crippen LogP contribution in [0, 0.1) is 0 Å². The second-order valence-electron chi connectivity index (χ2n) is 5.13. The molecule has 0 saturated carbocycles. The lowest BCUT2D eigenvalue weighted by Crippen LogP contribution is -2.27. The maximum Gasteiger partial charge on any atom is 0.278 e. The van der Waals surface area contributed by atoms with Gasteiger partial charge < -0.3 is 5.73 Å². The monoisotopic (exact) mass is 320 g/mol. The standard InChI is InChI=1S/C14H16N4O3S/c15-13-7-10-18(16-13)14(19)11-3-5-12(6-4-11)22(20,21)17-8-1-2-9-17/h3-7,10H,1-2,8-9H2,(H2,15,16). The van der Waals surface area contributed by atoms with Crippen molar-refractivity contribution in [2.75, 3.05) is 18.8 Å². The number of carbonyl (C=O) groups excluding carboxylic acids is 1. The van der Waals surface area contributed by atoms with Gasteiger partial charge in [0.05, 0.1) is 4.90 Å². The number of hydrogen-bond donors (Lipinski definition) is 1. The van der Waals surface area contributed by atoms with E-state index in [0.29, 0.717) is 18.7 Å². The van der Waals surface area contributed by atoms with Crippen LogP contribution in [-0.4, -0.2) is 41.5 Å². The Morgan fingerprint density at radius 1 is 1.09 bits per heavy atom. The minimum atomic E-state index is -3.46. The fraction of sp³-hybridized carbons (Fsp3) is 0.286. The molecular weight excluding hydrogens is 304 g/mol. The van der Waals surface area contributed by atoms with Gasteiger partial charge in [0, 0.05) is 30.9 Å². The van der Waals surface area contributed by atoms with Gasteiger partial charge in [0.2, 0.25) is 10.0 Å². The summed E-state index contributed by atoms with van der Waals surface area (Å²) in [6, 6.07) is 7.40. The summed E-state index contributed by atoms with van der Waals surface area (Å²) in [5.74, 6) is -0.108. The number of carbonyl (C=O) groups is 1. The second kappa shape index (κ2) is 5.54. The van der Waals surface area contributed by atoms with E-state index >= 15 is 0 Å². The van der Waals surface area contributed by atoms with Gasteiger partial charge in [-0.05, 0) is 37.1 Å². The Morgan fingerprint density at radius 2 is 1.73 bits per heavy atom. The molecule has 7 nitrogen and oxygen atoms in total. The molecule has 1 aromatic heterocycles. The van der Waals surface area contributed by atoms with Crippen molar-refractivity contribution in [3.05, 3.63) is 42.1 Å². The van der Waals surface area contributed by atoms with Crippen LogP contribution >= 0.6 is 0 Å². The molecule has 1 aromatic carbocycles. The van der Waals surface area contributed by atoms with E-state index in [1.165, 1.54) is 40.8 Å². The van der Waals surface area contributed by atoms with Gasteiger partial charge in [0.1, 0.15) is 5.82 Å². The van der Waals surface area contributed by atoms with Crippen molar-refractivity contribution in [3.63, 3.8) is 0 Å². The summed E-state index contributed by atoms with van der Waals surface area (Å²) in [7, 11) is -3.46. The van der Waals surface area contributed by atoms with Crippen molar-refractivity contribution in [2.45, 2.75) is 17.7 Å². The van der Waals surface area contributed by atoms with Crippen LogP contribution in [0.2, 0.25) is 0 Å². The highest BCUT2D eigenvalue weighted by Gasteiger charge is 2.27. The van der Waals surface area contributed by atoms with Crippen LogP contribution in [0.1, 0.15) is 23.2 Å². The minimum Gasteiger partial charge on any atom is -0.382 e. The Hall–Kier alpha value is -2.19. The summed E-state index contributed by atoms with van der Waals surface area (Å²) >= 11 is 0. The number of hydrogen-bond acceptors (Lipinski definition) is 5. The van der Waals surface area contributed by atoms with Crippen LogP contribution in [0.3, 0.4) is 0 Å². The molecule has 0 amide bonds. The number of sulfonamides is 1. The lowest BCUT2D eigenvalue weighted by atomic mass is 10.2. The van der Waals surface area contributed by atoms with Crippen molar-refractivity contribution in [1.82, 2.24) is 14.1 Å². The zero-order chi connectivity index (χ0) is 15.7. The molecule has 2 N–H and O–H groups in total. The first-order chi connectivity index (χ1) is 10.5. The molecule has 116 valence electrons. The van der Waals surface area contributed by atoms with E-state index in [-0.39, 0.29) is 16.6 Å². The molecule has 2 aromatic rings. The largest absolute Gasteiger partial charge is 0.382 e. The summed E-state index contributed by atoms with van der Waals surface area (Å²) in [5.41, 5.74) is 5.83. The zero-order valence-corrected chi connectivity index (χ0v) is 12.7. The molecule has 0 aliphatic carbocycles. The fourth-order valence-corrected chi connectivity index (χ4v) is 3.95. The van der Waals surface area contributed by atoms with Gasteiger partial charge in [-0.2, -0.15) is 4.31 Å². The molecule has 0 bridgehead atoms. The maximum absolute atomic E-state index is 12.4. The second-order valence-corrected chi connectivity index (χ2v) is 7.06. The van der Waals surface area contributed by atoms with Gasteiger partial charge in [-0.1, -0.05) is 0 Å². The van der Waals surface area contributed by atoms with E-state index in [9.17, 15) is 13.2 Å². The van der Waals surface area contributed by atoms with Gasteiger partial charge in [0.25, 0.3) is 5.91 Å². The normalized spacial score (nSPS) is 16.0. The minimum absolute atomic E-state index is 0.200. The topological polar surface area (TPSA) is 98.3 Å². The lowest BCUT2D eigenvalue weighted by molar-refractivity contribution is 0.0945. The van der Waals surface area contributed by atoms with Crippen LogP contribution in [0.25, 0.3) is 0 Å². The first-order valence-corrected chi connectivity index (χ1v) is 8.38. The summed E-state index contributed by atoms with van der Waals surface area (Å²) in [5, 5.41) is 3.84. The van der Waals surface area contributed by atoms with Crippen molar-refractivity contribution in [2.24, 2.45) is 0 Å². The fourth-order valence-electron chi connectivity index (χ4n) is 2.43. The first kappa shape index (κ1) is 14.7. The molecule has 8 heteroatoms. The SMILES string of the molecule is Nc1ccn(C(=O)c2ccc(S(=O)(=O)N3CCCC3)cc2)n1. The predicted molar refractivity (Wildman–Crippen MR) is 80.8 cm³/mol. The average Bonchev–Trinajstić information content (AvgIpc) is 3.18. The summed E-state index contributed by atoms with van der Waals surface area (Å²) in [6.07, 6.45) is 3.24. The quantitative estimate of drug-likeness (QED) is 0.907. The third-order valence-corrected chi connectivity index (χ3v) is 5.53. The Kier molecular flexibility index (Phi) is 3.71. The maximum atomic E-state index is 12.4. The van der Waals surface area contributed by atoms with E-state index < -0.39 is 10.0 Å². The molecule has 2 heterocycles. The summed E-state index contributed by atoms with van der Waals surface area (Å²) < 4.78 is 27.4. The molecule has 0 radical (unpaired) electrons. The smallest absolute Gasteiger partial charge is 0.278 e. The molecule has 3 rings (SSSR count). The van der Waals surface area contributed by atoms with Crippen LogP contribution < -0.4 is 5.73 Å². The third-order valence-electron chi connectivity index (χ3n) is 3.62. The number of nitrogens with two attached hydrogens (primary N) is 1. The third kappa shape index (κ3) is 2.62. The molecule has 1 fully saturated rings. The Labute approximate surface area is 128 Å². The Bertz CT molecular complexity index is 790. The van der Waals surface area contributed by atoms with E-state index in [0.717, 1.165) is 17.5 Å². The summed E-state index contributed by atoms with van der Waals surface area (Å²) in [4.78, 5) is 12.4. The highest BCUT2D eigenvalue weighted by Crippen LogP contribution is 2.21. The number of benzene rings is 1. The molecule has 0 spiro atoms. The zero-order valence-electron chi connectivity index (χ0n) is 11.8. The number of rotatable bonds is 3. The molecule has 1 saturated heterocycles. The first-order valence-electron chi connectivity index (χ1n) is 6.94. The van der Waals surface area contributed by atoms with Gasteiger partial charge in [-0.25, -0.2) is 13.1 Å². The number of anilines is 1. The van der Waals surface area contributed by atoms with Crippen molar-refractivity contribution in [3.8, 4) is 0 Å². The van der Waals surface area contributed by atoms with Crippen LogP contribution in [0.15, 0.2) is 41.4 Å². The molecule has 0 unspecified atom stereocenters. The van der Waals surface area contributed by atoms with Gasteiger partial charge in [-0.3, -0.25) is 4.79 Å². The van der Waals surface area contributed by atoms with Crippen molar-refractivity contribution < 1.29 is 13.2 Å². The average molecular weight is 320 g/mol. The number of aromatic nitrogens is 2. The molecule has 1 aliphatic rings. The van der Waals surface area contributed by atoms with Gasteiger partial charge in [0.15, 0.2) is 0 Å². The van der Waals surface area contributed by atoms with Crippen LogP contribution in [0.5, 0.6) is 0 Å². The highest BCUT2D eigenvalue weighted by atomic mass is 32.2. The molecule has 1 aliphatic heterocycles. The van der Waals surface area contributed by atoms with E-state index in [1.54, 1.807) is 0 Å². The van der Waals surface area contributed by atoms with Gasteiger partial charge in [-0.15, -0.1) is 5.10 Å². The number of nitrogen functional groups attached to an aromatic ring is 1. The van der Waals surface area contributed by atoms with Crippen molar-refractivity contribution in [1.29, 1.82) is 0 Å². The Balaban J connectivity index is 1.85. The molecular formula is C14H16N4O3S. The molecule has 22 heavy (non-hydrogen) atoms. The highest BCUT2D eigenvalue weighted by molar-refractivity contribution is 7.89. The lowest BCUT2D eigenvalue weighted by Gasteiger charge is -2.15. The van der Waals surface area contributed by atoms with Crippen LogP contribution in [-0.2, 0) is 10.0 Å². The van der Waals surface area contributed by atoms with E-state index in [2.05, 4.69) is 5.10 Å².